The maximum atomic E-state index is 6.08. The SMILES string of the molecule is Cc1cc(Cc2cc(-c3ccc4c(n3)N[C@H]3CCN4C3)ccn2)c(N)cn1. The summed E-state index contributed by atoms with van der Waals surface area (Å²) in [5.74, 6) is 0.994. The lowest BCUT2D eigenvalue weighted by Crippen LogP contribution is -2.32. The molecule has 27 heavy (non-hydrogen) atoms. The van der Waals surface area contributed by atoms with Gasteiger partial charge in [0, 0.05) is 48.7 Å². The molecule has 0 saturated carbocycles. The van der Waals surface area contributed by atoms with Gasteiger partial charge in [0.05, 0.1) is 23.3 Å². The van der Waals surface area contributed by atoms with Crippen molar-refractivity contribution < 1.29 is 0 Å². The van der Waals surface area contributed by atoms with Crippen LogP contribution in [0.5, 0.6) is 0 Å². The lowest BCUT2D eigenvalue weighted by atomic mass is 10.0. The van der Waals surface area contributed by atoms with E-state index >= 15 is 0 Å². The number of fused-ring (bicyclic) bond motifs is 4. The summed E-state index contributed by atoms with van der Waals surface area (Å²) in [5.41, 5.74) is 13.0. The van der Waals surface area contributed by atoms with Gasteiger partial charge in [0.1, 0.15) is 0 Å². The van der Waals surface area contributed by atoms with Gasteiger partial charge >= 0.3 is 0 Å². The summed E-state index contributed by atoms with van der Waals surface area (Å²) in [6.45, 7) is 4.16. The highest BCUT2D eigenvalue weighted by Gasteiger charge is 2.30. The summed E-state index contributed by atoms with van der Waals surface area (Å²) < 4.78 is 0. The molecule has 5 heterocycles. The summed E-state index contributed by atoms with van der Waals surface area (Å²) >= 11 is 0. The molecule has 2 aliphatic rings. The Morgan fingerprint density at radius 2 is 2.15 bits per heavy atom. The predicted octanol–water partition coefficient (Wildman–Crippen LogP) is 3.02. The molecule has 1 fully saturated rings. The van der Waals surface area contributed by atoms with Crippen molar-refractivity contribution in [2.75, 3.05) is 29.0 Å². The molecule has 6 heteroatoms. The largest absolute Gasteiger partial charge is 0.397 e. The predicted molar refractivity (Wildman–Crippen MR) is 108 cm³/mol. The number of pyridine rings is 3. The van der Waals surface area contributed by atoms with E-state index in [2.05, 4.69) is 38.4 Å². The third-order valence-electron chi connectivity index (χ3n) is 5.39. The van der Waals surface area contributed by atoms with Crippen LogP contribution in [0.3, 0.4) is 0 Å². The number of rotatable bonds is 3. The first-order valence-corrected chi connectivity index (χ1v) is 9.34. The molecule has 136 valence electrons. The van der Waals surface area contributed by atoms with Gasteiger partial charge < -0.3 is 16.0 Å². The molecule has 0 unspecified atom stereocenters. The van der Waals surface area contributed by atoms with Crippen LogP contribution < -0.4 is 16.0 Å². The van der Waals surface area contributed by atoms with Crippen LogP contribution >= 0.6 is 0 Å². The summed E-state index contributed by atoms with van der Waals surface area (Å²) in [5, 5.41) is 3.57. The van der Waals surface area contributed by atoms with Gasteiger partial charge in [-0.15, -0.1) is 0 Å². The second-order valence-electron chi connectivity index (χ2n) is 7.38. The Bertz CT molecular complexity index is 1020. The molecule has 5 rings (SSSR count). The highest BCUT2D eigenvalue weighted by atomic mass is 15.3. The molecule has 0 spiro atoms. The number of nitrogen functional groups attached to an aromatic ring is 1. The fraction of sp³-hybridized carbons (Fsp3) is 0.286. The minimum Gasteiger partial charge on any atom is -0.397 e. The molecule has 3 N–H and O–H groups in total. The second-order valence-corrected chi connectivity index (χ2v) is 7.38. The number of nitrogens with one attached hydrogen (secondary N) is 1. The summed E-state index contributed by atoms with van der Waals surface area (Å²) in [6, 6.07) is 10.9. The van der Waals surface area contributed by atoms with Crippen molar-refractivity contribution in [1.29, 1.82) is 0 Å². The van der Waals surface area contributed by atoms with Crippen LogP contribution in [-0.4, -0.2) is 34.1 Å². The molecule has 1 atom stereocenters. The highest BCUT2D eigenvalue weighted by Crippen LogP contribution is 2.35. The van der Waals surface area contributed by atoms with Gasteiger partial charge in [-0.3, -0.25) is 9.97 Å². The zero-order valence-electron chi connectivity index (χ0n) is 15.3. The molecule has 0 aromatic carbocycles. The van der Waals surface area contributed by atoms with E-state index < -0.39 is 0 Å². The monoisotopic (exact) mass is 358 g/mol. The number of hydrogen-bond acceptors (Lipinski definition) is 6. The molecule has 3 aromatic heterocycles. The van der Waals surface area contributed by atoms with Crippen LogP contribution in [0.2, 0.25) is 0 Å². The maximum absolute atomic E-state index is 6.08. The minimum atomic E-state index is 0.520. The first-order chi connectivity index (χ1) is 13.2. The molecule has 2 aliphatic heterocycles. The van der Waals surface area contributed by atoms with E-state index in [1.165, 1.54) is 12.1 Å². The van der Waals surface area contributed by atoms with Crippen molar-refractivity contribution in [1.82, 2.24) is 15.0 Å². The van der Waals surface area contributed by atoms with Gasteiger partial charge in [-0.2, -0.15) is 0 Å². The van der Waals surface area contributed by atoms with Crippen molar-refractivity contribution in [3.8, 4) is 11.3 Å². The standard InChI is InChI=1S/C21H22N6/c1-13-8-15(18(22)11-24-13)10-17-9-14(4-6-23-17)19-2-3-20-21(26-19)25-16-5-7-27(20)12-16/h2-4,6,8-9,11,16H,5,7,10,12,22H2,1H3,(H,25,26)/t16-/m0/s1. The molecule has 2 bridgehead atoms. The van der Waals surface area contributed by atoms with E-state index in [4.69, 9.17) is 10.7 Å². The van der Waals surface area contributed by atoms with Gasteiger partial charge in [-0.25, -0.2) is 4.98 Å². The van der Waals surface area contributed by atoms with E-state index in [0.717, 1.165) is 47.1 Å². The number of anilines is 3. The van der Waals surface area contributed by atoms with Crippen molar-refractivity contribution in [3.63, 3.8) is 0 Å². The fourth-order valence-electron chi connectivity index (χ4n) is 3.97. The van der Waals surface area contributed by atoms with E-state index in [1.54, 1.807) is 6.20 Å². The van der Waals surface area contributed by atoms with E-state index in [9.17, 15) is 0 Å². The van der Waals surface area contributed by atoms with Gasteiger partial charge in [0.2, 0.25) is 0 Å². The quantitative estimate of drug-likeness (QED) is 0.749. The zero-order chi connectivity index (χ0) is 18.4. The topological polar surface area (TPSA) is 80.0 Å². The van der Waals surface area contributed by atoms with Crippen LogP contribution in [0.15, 0.2) is 42.7 Å². The average Bonchev–Trinajstić information content (AvgIpc) is 3.06. The van der Waals surface area contributed by atoms with Crippen molar-refractivity contribution >= 4 is 17.2 Å². The Kier molecular flexibility index (Phi) is 3.70. The van der Waals surface area contributed by atoms with Crippen LogP contribution in [-0.2, 0) is 6.42 Å². The Hall–Kier alpha value is -3.15. The highest BCUT2D eigenvalue weighted by molar-refractivity contribution is 5.74. The lowest BCUT2D eigenvalue weighted by molar-refractivity contribution is 0.788. The normalized spacial score (nSPS) is 17.5. The Balaban J connectivity index is 1.46. The van der Waals surface area contributed by atoms with Crippen LogP contribution in [0, 0.1) is 6.92 Å². The molecule has 0 amide bonds. The number of nitrogens with zero attached hydrogens (tertiary/aromatic N) is 4. The van der Waals surface area contributed by atoms with Gasteiger partial charge in [0.25, 0.3) is 0 Å². The van der Waals surface area contributed by atoms with E-state index in [-0.39, 0.29) is 0 Å². The third kappa shape index (κ3) is 2.97. The molecule has 3 aromatic rings. The molecular formula is C21H22N6. The van der Waals surface area contributed by atoms with E-state index in [0.29, 0.717) is 18.2 Å². The molecule has 6 nitrogen and oxygen atoms in total. The fourth-order valence-corrected chi connectivity index (χ4v) is 3.97. The van der Waals surface area contributed by atoms with Crippen molar-refractivity contribution in [2.24, 2.45) is 0 Å². The molecular weight excluding hydrogens is 336 g/mol. The van der Waals surface area contributed by atoms with Gasteiger partial charge in [-0.1, -0.05) is 0 Å². The first-order valence-electron chi connectivity index (χ1n) is 9.34. The molecule has 0 aliphatic carbocycles. The maximum Gasteiger partial charge on any atom is 0.150 e. The smallest absolute Gasteiger partial charge is 0.150 e. The number of nitrogens with two attached hydrogens (primary N) is 1. The molecule has 1 saturated heterocycles. The summed E-state index contributed by atoms with van der Waals surface area (Å²) in [4.78, 5) is 16.1. The Morgan fingerprint density at radius 3 is 3.07 bits per heavy atom. The lowest BCUT2D eigenvalue weighted by Gasteiger charge is -2.28. The van der Waals surface area contributed by atoms with Crippen molar-refractivity contribution in [3.05, 3.63) is 59.7 Å². The average molecular weight is 358 g/mol. The second kappa shape index (κ2) is 6.23. The number of aryl methyl sites for hydroxylation is 1. The van der Waals surface area contributed by atoms with Gasteiger partial charge in [0.15, 0.2) is 5.82 Å². The third-order valence-corrected chi connectivity index (χ3v) is 5.39. The van der Waals surface area contributed by atoms with E-state index in [1.807, 2.05) is 25.3 Å². The summed E-state index contributed by atoms with van der Waals surface area (Å²) in [6.07, 6.45) is 5.42. The first kappa shape index (κ1) is 16.1. The van der Waals surface area contributed by atoms with Crippen LogP contribution in [0.25, 0.3) is 11.3 Å². The minimum absolute atomic E-state index is 0.520. The zero-order valence-corrected chi connectivity index (χ0v) is 15.3. The summed E-state index contributed by atoms with van der Waals surface area (Å²) in [7, 11) is 0. The Morgan fingerprint density at radius 1 is 1.22 bits per heavy atom. The van der Waals surface area contributed by atoms with Crippen LogP contribution in [0.4, 0.5) is 17.2 Å². The molecule has 0 radical (unpaired) electrons. The number of aromatic nitrogens is 3. The van der Waals surface area contributed by atoms with Gasteiger partial charge in [-0.05, 0) is 49.2 Å². The van der Waals surface area contributed by atoms with Crippen molar-refractivity contribution in [2.45, 2.75) is 25.8 Å². The Labute approximate surface area is 158 Å². The number of hydrogen-bond donors (Lipinski definition) is 2. The van der Waals surface area contributed by atoms with Crippen LogP contribution in [0.1, 0.15) is 23.4 Å².